The highest BCUT2D eigenvalue weighted by Crippen LogP contribution is 2.36. The van der Waals surface area contributed by atoms with E-state index in [0.717, 1.165) is 6.07 Å². The summed E-state index contributed by atoms with van der Waals surface area (Å²) >= 11 is 0. The molecular weight excluding hydrogens is 243 g/mol. The third-order valence-electron chi connectivity index (χ3n) is 2.35. The highest BCUT2D eigenvalue weighted by Gasteiger charge is 2.33. The van der Waals surface area contributed by atoms with Crippen LogP contribution in [0.2, 0.25) is 0 Å². The van der Waals surface area contributed by atoms with Gasteiger partial charge in [0.1, 0.15) is 0 Å². The van der Waals surface area contributed by atoms with Gasteiger partial charge in [0.05, 0.1) is 17.2 Å². The van der Waals surface area contributed by atoms with Gasteiger partial charge in [-0.1, -0.05) is 18.2 Å². The van der Waals surface area contributed by atoms with E-state index in [1.807, 2.05) is 0 Å². The van der Waals surface area contributed by atoms with Gasteiger partial charge in [-0.05, 0) is 19.9 Å². The maximum Gasteiger partial charge on any atom is 0.417 e. The highest BCUT2D eigenvalue weighted by atomic mass is 19.4. The maximum atomic E-state index is 13.0. The molecule has 0 unspecified atom stereocenters. The molecule has 18 heavy (non-hydrogen) atoms. The smallest absolute Gasteiger partial charge is 0.417 e. The largest absolute Gasteiger partial charge is 0.475 e. The molecule has 0 aliphatic carbocycles. The Labute approximate surface area is 102 Å². The molecule has 0 amide bonds. The standard InChI is InChI=1S/C13H12F3NO/c1-8(2)18-12-7-10(13(14,15)16)9-5-3-4-6-11(9)17-12/h3-8H,1-2H3. The molecule has 0 saturated heterocycles. The van der Waals surface area contributed by atoms with E-state index in [9.17, 15) is 13.2 Å². The molecule has 1 aromatic heterocycles. The molecule has 0 aliphatic rings. The van der Waals surface area contributed by atoms with Gasteiger partial charge in [0.2, 0.25) is 5.88 Å². The summed E-state index contributed by atoms with van der Waals surface area (Å²) in [6.45, 7) is 3.48. The minimum atomic E-state index is -4.42. The topological polar surface area (TPSA) is 22.1 Å². The van der Waals surface area contributed by atoms with E-state index in [4.69, 9.17) is 4.74 Å². The molecule has 96 valence electrons. The predicted octanol–water partition coefficient (Wildman–Crippen LogP) is 4.04. The van der Waals surface area contributed by atoms with Crippen LogP contribution in [0.15, 0.2) is 30.3 Å². The number of rotatable bonds is 2. The zero-order valence-electron chi connectivity index (χ0n) is 9.95. The zero-order chi connectivity index (χ0) is 13.3. The first-order chi connectivity index (χ1) is 8.38. The molecular formula is C13H12F3NO. The van der Waals surface area contributed by atoms with Crippen molar-refractivity contribution in [2.24, 2.45) is 0 Å². The number of pyridine rings is 1. The maximum absolute atomic E-state index is 13.0. The van der Waals surface area contributed by atoms with Gasteiger partial charge in [0.15, 0.2) is 0 Å². The fourth-order valence-corrected chi connectivity index (χ4v) is 1.69. The first kappa shape index (κ1) is 12.7. The van der Waals surface area contributed by atoms with Crippen molar-refractivity contribution < 1.29 is 17.9 Å². The number of benzene rings is 1. The zero-order valence-corrected chi connectivity index (χ0v) is 9.95. The lowest BCUT2D eigenvalue weighted by atomic mass is 10.1. The fraction of sp³-hybridized carbons (Fsp3) is 0.308. The van der Waals surface area contributed by atoms with Crippen molar-refractivity contribution in [3.8, 4) is 5.88 Å². The third kappa shape index (κ3) is 2.55. The van der Waals surface area contributed by atoms with Crippen molar-refractivity contribution in [3.63, 3.8) is 0 Å². The molecule has 0 aliphatic heterocycles. The van der Waals surface area contributed by atoms with Crippen LogP contribution in [0.25, 0.3) is 10.9 Å². The van der Waals surface area contributed by atoms with Crippen molar-refractivity contribution in [2.75, 3.05) is 0 Å². The second-order valence-corrected chi connectivity index (χ2v) is 4.19. The summed E-state index contributed by atoms with van der Waals surface area (Å²) in [5, 5.41) is 0.0844. The van der Waals surface area contributed by atoms with Gasteiger partial charge in [0, 0.05) is 11.5 Å². The third-order valence-corrected chi connectivity index (χ3v) is 2.35. The quantitative estimate of drug-likeness (QED) is 0.807. The van der Waals surface area contributed by atoms with Crippen LogP contribution in [0.1, 0.15) is 19.4 Å². The first-order valence-electron chi connectivity index (χ1n) is 5.51. The summed E-state index contributed by atoms with van der Waals surface area (Å²) in [5.41, 5.74) is -0.438. The lowest BCUT2D eigenvalue weighted by Crippen LogP contribution is -2.11. The van der Waals surface area contributed by atoms with Gasteiger partial charge in [-0.15, -0.1) is 0 Å². The first-order valence-corrected chi connectivity index (χ1v) is 5.51. The summed E-state index contributed by atoms with van der Waals surface area (Å²) in [5.74, 6) is -0.00368. The molecule has 5 heteroatoms. The van der Waals surface area contributed by atoms with E-state index in [1.165, 1.54) is 12.1 Å². The van der Waals surface area contributed by atoms with Crippen LogP contribution in [0.4, 0.5) is 13.2 Å². The second-order valence-electron chi connectivity index (χ2n) is 4.19. The minimum Gasteiger partial charge on any atom is -0.475 e. The lowest BCUT2D eigenvalue weighted by molar-refractivity contribution is -0.136. The average Bonchev–Trinajstić information content (AvgIpc) is 2.25. The molecule has 1 aromatic carbocycles. The van der Waals surface area contributed by atoms with E-state index < -0.39 is 11.7 Å². The number of fused-ring (bicyclic) bond motifs is 1. The number of hydrogen-bond donors (Lipinski definition) is 0. The number of halogens is 3. The number of nitrogens with zero attached hydrogens (tertiary/aromatic N) is 1. The van der Waals surface area contributed by atoms with E-state index in [2.05, 4.69) is 4.98 Å². The summed E-state index contributed by atoms with van der Waals surface area (Å²) in [6.07, 6.45) is -4.64. The average molecular weight is 255 g/mol. The van der Waals surface area contributed by atoms with Gasteiger partial charge in [-0.3, -0.25) is 0 Å². The molecule has 0 atom stereocenters. The van der Waals surface area contributed by atoms with Crippen LogP contribution in [-0.2, 0) is 6.18 Å². The molecule has 0 spiro atoms. The van der Waals surface area contributed by atoms with Crippen LogP contribution in [-0.4, -0.2) is 11.1 Å². The van der Waals surface area contributed by atoms with Gasteiger partial charge >= 0.3 is 6.18 Å². The summed E-state index contributed by atoms with van der Waals surface area (Å²) < 4.78 is 44.1. The van der Waals surface area contributed by atoms with Crippen LogP contribution < -0.4 is 4.74 Å². The summed E-state index contributed by atoms with van der Waals surface area (Å²) in [4.78, 5) is 4.07. The number of hydrogen-bond acceptors (Lipinski definition) is 2. The van der Waals surface area contributed by atoms with Gasteiger partial charge < -0.3 is 4.74 Å². The number of alkyl halides is 3. The highest BCUT2D eigenvalue weighted by molar-refractivity contribution is 5.83. The van der Waals surface area contributed by atoms with Crippen molar-refractivity contribution in [1.82, 2.24) is 4.98 Å². The normalized spacial score (nSPS) is 12.1. The van der Waals surface area contributed by atoms with E-state index >= 15 is 0 Å². The molecule has 0 fully saturated rings. The van der Waals surface area contributed by atoms with Crippen molar-refractivity contribution in [1.29, 1.82) is 0 Å². The Kier molecular flexibility index (Phi) is 3.15. The van der Waals surface area contributed by atoms with E-state index in [-0.39, 0.29) is 22.9 Å². The molecule has 1 heterocycles. The van der Waals surface area contributed by atoms with Crippen molar-refractivity contribution >= 4 is 10.9 Å². The minimum absolute atomic E-state index is 0.00368. The lowest BCUT2D eigenvalue weighted by Gasteiger charge is -2.14. The fourth-order valence-electron chi connectivity index (χ4n) is 1.69. The molecule has 2 aromatic rings. The molecule has 0 bridgehead atoms. The van der Waals surface area contributed by atoms with Crippen LogP contribution >= 0.6 is 0 Å². The molecule has 0 radical (unpaired) electrons. The Bertz CT molecular complexity index is 564. The Morgan fingerprint density at radius 1 is 1.17 bits per heavy atom. The Morgan fingerprint density at radius 2 is 1.83 bits per heavy atom. The van der Waals surface area contributed by atoms with Crippen molar-refractivity contribution in [3.05, 3.63) is 35.9 Å². The molecule has 0 saturated carbocycles. The Balaban J connectivity index is 2.65. The van der Waals surface area contributed by atoms with Gasteiger partial charge in [0.25, 0.3) is 0 Å². The molecule has 0 N–H and O–H groups in total. The monoisotopic (exact) mass is 255 g/mol. The Hall–Kier alpha value is -1.78. The summed E-state index contributed by atoms with van der Waals surface area (Å²) in [6, 6.07) is 7.10. The van der Waals surface area contributed by atoms with E-state index in [0.29, 0.717) is 0 Å². The second kappa shape index (κ2) is 4.48. The summed E-state index contributed by atoms with van der Waals surface area (Å²) in [7, 11) is 0. The number of ether oxygens (including phenoxy) is 1. The van der Waals surface area contributed by atoms with Crippen LogP contribution in [0, 0.1) is 0 Å². The predicted molar refractivity (Wildman–Crippen MR) is 62.5 cm³/mol. The van der Waals surface area contributed by atoms with Gasteiger partial charge in [-0.25, -0.2) is 4.98 Å². The number of para-hydroxylation sites is 1. The van der Waals surface area contributed by atoms with Crippen LogP contribution in [0.3, 0.4) is 0 Å². The number of aromatic nitrogens is 1. The SMILES string of the molecule is CC(C)Oc1cc(C(F)(F)F)c2ccccc2n1. The van der Waals surface area contributed by atoms with Gasteiger partial charge in [-0.2, -0.15) is 13.2 Å². The molecule has 2 nitrogen and oxygen atoms in total. The Morgan fingerprint density at radius 3 is 2.44 bits per heavy atom. The molecule has 2 rings (SSSR count). The van der Waals surface area contributed by atoms with Crippen molar-refractivity contribution in [2.45, 2.75) is 26.1 Å². The van der Waals surface area contributed by atoms with Crippen LogP contribution in [0.5, 0.6) is 5.88 Å². The van der Waals surface area contributed by atoms with E-state index in [1.54, 1.807) is 26.0 Å².